The van der Waals surface area contributed by atoms with E-state index in [4.69, 9.17) is 27.9 Å². The molecule has 11 heteroatoms. The molecule has 3 aromatic rings. The van der Waals surface area contributed by atoms with Gasteiger partial charge in [-0.2, -0.15) is 13.2 Å². The van der Waals surface area contributed by atoms with Gasteiger partial charge in [-0.15, -0.1) is 0 Å². The minimum atomic E-state index is -4.65. The van der Waals surface area contributed by atoms with Gasteiger partial charge in [0, 0.05) is 42.1 Å². The third-order valence-electron chi connectivity index (χ3n) is 5.18. The fourth-order valence-corrected chi connectivity index (χ4v) is 3.84. The van der Waals surface area contributed by atoms with E-state index in [1.807, 2.05) is 0 Å². The summed E-state index contributed by atoms with van der Waals surface area (Å²) in [7, 11) is 0. The van der Waals surface area contributed by atoms with Crippen molar-refractivity contribution in [3.05, 3.63) is 69.7 Å². The molecule has 0 N–H and O–H groups in total. The van der Waals surface area contributed by atoms with Crippen LogP contribution < -0.4 is 4.74 Å². The lowest BCUT2D eigenvalue weighted by molar-refractivity contribution is -0.141. The Hall–Kier alpha value is -2.78. The Morgan fingerprint density at radius 3 is 2.34 bits per heavy atom. The van der Waals surface area contributed by atoms with Crippen LogP contribution in [0.5, 0.6) is 5.75 Å². The molecule has 186 valence electrons. The summed E-state index contributed by atoms with van der Waals surface area (Å²) in [6.07, 6.45) is -0.986. The van der Waals surface area contributed by atoms with Crippen molar-refractivity contribution in [1.29, 1.82) is 0 Å². The monoisotopic (exact) mass is 529 g/mol. The standard InChI is InChI=1S/C24H21Cl2F4N3O2/c1-12(2)35-22-15(13(3)18(34)6-5-17-23(26)32-9-8-31-17)10-16(25)21(27)20(22)14-4-7-19(33-11-14)24(28,29)30/h4,7-13H,5-6H2,1-3H3. The predicted molar refractivity (Wildman–Crippen MR) is 124 cm³/mol. The zero-order chi connectivity index (χ0) is 25.9. The minimum Gasteiger partial charge on any atom is -0.490 e. The second-order valence-electron chi connectivity index (χ2n) is 8.04. The quantitative estimate of drug-likeness (QED) is 0.291. The maximum atomic E-state index is 15.2. The fourth-order valence-electron chi connectivity index (χ4n) is 3.43. The average molecular weight is 530 g/mol. The lowest BCUT2D eigenvalue weighted by atomic mass is 9.89. The molecule has 0 fully saturated rings. The lowest BCUT2D eigenvalue weighted by Gasteiger charge is -2.23. The summed E-state index contributed by atoms with van der Waals surface area (Å²) >= 11 is 12.2. The van der Waals surface area contributed by atoms with Crippen molar-refractivity contribution in [3.8, 4) is 16.9 Å². The summed E-state index contributed by atoms with van der Waals surface area (Å²) in [5, 5.41) is -0.110. The van der Waals surface area contributed by atoms with Gasteiger partial charge < -0.3 is 4.74 Å². The zero-order valence-corrected chi connectivity index (χ0v) is 20.5. The van der Waals surface area contributed by atoms with Crippen molar-refractivity contribution in [2.45, 2.75) is 51.8 Å². The van der Waals surface area contributed by atoms with Crippen LogP contribution in [0.25, 0.3) is 11.1 Å². The highest BCUT2D eigenvalue weighted by Crippen LogP contribution is 2.43. The Labute approximate surface area is 209 Å². The molecule has 0 aliphatic rings. The van der Waals surface area contributed by atoms with E-state index >= 15 is 4.39 Å². The highest BCUT2D eigenvalue weighted by molar-refractivity contribution is 6.31. The number of halogens is 6. The molecule has 0 aliphatic carbocycles. The maximum Gasteiger partial charge on any atom is 0.433 e. The highest BCUT2D eigenvalue weighted by Gasteiger charge is 2.33. The van der Waals surface area contributed by atoms with Gasteiger partial charge >= 0.3 is 6.18 Å². The van der Waals surface area contributed by atoms with E-state index in [1.165, 1.54) is 18.5 Å². The molecule has 35 heavy (non-hydrogen) atoms. The first-order valence-electron chi connectivity index (χ1n) is 10.6. The number of Topliss-reactive ketones (excluding diaryl/α,β-unsaturated/α-hetero) is 1. The molecule has 2 aromatic heterocycles. The van der Waals surface area contributed by atoms with Crippen LogP contribution >= 0.6 is 23.2 Å². The van der Waals surface area contributed by atoms with E-state index in [2.05, 4.69) is 15.0 Å². The molecule has 2 heterocycles. The van der Waals surface area contributed by atoms with Crippen LogP contribution in [0, 0.1) is 5.82 Å². The van der Waals surface area contributed by atoms with Crippen LogP contribution in [0.1, 0.15) is 50.1 Å². The SMILES string of the molecule is CC(C)Oc1c(C(C)C(=O)CCc2nccnc2Cl)cc(Cl)c(F)c1-c1ccc(C(F)(F)F)nc1. The Morgan fingerprint density at radius 1 is 1.09 bits per heavy atom. The van der Waals surface area contributed by atoms with Crippen molar-refractivity contribution in [3.63, 3.8) is 0 Å². The number of benzene rings is 1. The van der Waals surface area contributed by atoms with E-state index in [9.17, 15) is 18.0 Å². The van der Waals surface area contributed by atoms with E-state index < -0.39 is 29.7 Å². The summed E-state index contributed by atoms with van der Waals surface area (Å²) < 4.78 is 60.0. The van der Waals surface area contributed by atoms with Gasteiger partial charge in [0.1, 0.15) is 22.4 Å². The van der Waals surface area contributed by atoms with E-state index in [1.54, 1.807) is 20.8 Å². The van der Waals surface area contributed by atoms with Crippen LogP contribution in [-0.4, -0.2) is 26.8 Å². The number of pyridine rings is 1. The molecule has 5 nitrogen and oxygen atoms in total. The minimum absolute atomic E-state index is 0.0156. The number of ether oxygens (including phenoxy) is 1. The molecule has 1 atom stereocenters. The number of aryl methyl sites for hydroxylation is 1. The van der Waals surface area contributed by atoms with Gasteiger partial charge in [0.25, 0.3) is 0 Å². The van der Waals surface area contributed by atoms with Crippen LogP contribution in [0.4, 0.5) is 17.6 Å². The normalized spacial score (nSPS) is 12.6. The summed E-state index contributed by atoms with van der Waals surface area (Å²) in [5.74, 6) is -1.88. The smallest absolute Gasteiger partial charge is 0.433 e. The second-order valence-corrected chi connectivity index (χ2v) is 8.81. The van der Waals surface area contributed by atoms with Gasteiger partial charge in [-0.05, 0) is 32.4 Å². The van der Waals surface area contributed by atoms with Crippen molar-refractivity contribution in [2.24, 2.45) is 0 Å². The van der Waals surface area contributed by atoms with Gasteiger partial charge in [0.2, 0.25) is 0 Å². The number of hydrogen-bond donors (Lipinski definition) is 0. The average Bonchev–Trinajstić information content (AvgIpc) is 2.79. The van der Waals surface area contributed by atoms with Crippen LogP contribution in [-0.2, 0) is 17.4 Å². The fraction of sp³-hybridized carbons (Fsp3) is 0.333. The van der Waals surface area contributed by atoms with Gasteiger partial charge in [0.05, 0.1) is 22.4 Å². The zero-order valence-electron chi connectivity index (χ0n) is 19.0. The number of rotatable bonds is 8. The molecule has 1 unspecified atom stereocenters. The Balaban J connectivity index is 2.03. The number of nitrogens with zero attached hydrogens (tertiary/aromatic N) is 3. The summed E-state index contributed by atoms with van der Waals surface area (Å²) in [4.78, 5) is 24.5. The van der Waals surface area contributed by atoms with Crippen LogP contribution in [0.15, 0.2) is 36.8 Å². The first-order valence-corrected chi connectivity index (χ1v) is 11.4. The third-order valence-corrected chi connectivity index (χ3v) is 5.77. The Kier molecular flexibility index (Phi) is 8.33. The predicted octanol–water partition coefficient (Wildman–Crippen LogP) is 7.10. The molecule has 0 aliphatic heterocycles. The van der Waals surface area contributed by atoms with Crippen LogP contribution in [0.2, 0.25) is 10.2 Å². The van der Waals surface area contributed by atoms with E-state index in [0.717, 1.165) is 18.3 Å². The molecule has 0 bridgehead atoms. The Morgan fingerprint density at radius 2 is 1.77 bits per heavy atom. The molecule has 0 saturated carbocycles. The molecular weight excluding hydrogens is 509 g/mol. The number of ketones is 1. The van der Waals surface area contributed by atoms with E-state index in [-0.39, 0.29) is 45.7 Å². The van der Waals surface area contributed by atoms with E-state index in [0.29, 0.717) is 11.3 Å². The van der Waals surface area contributed by atoms with Crippen molar-refractivity contribution < 1.29 is 27.1 Å². The third kappa shape index (κ3) is 6.27. The Bertz CT molecular complexity index is 1220. The second kappa shape index (κ2) is 10.9. The van der Waals surface area contributed by atoms with Gasteiger partial charge in [-0.3, -0.25) is 14.8 Å². The lowest BCUT2D eigenvalue weighted by Crippen LogP contribution is -2.16. The molecule has 0 saturated heterocycles. The molecular formula is C24H21Cl2F4N3O2. The summed E-state index contributed by atoms with van der Waals surface area (Å²) in [5.41, 5.74) is -0.501. The number of alkyl halides is 3. The first-order chi connectivity index (χ1) is 16.4. The molecule has 0 spiro atoms. The number of hydrogen-bond acceptors (Lipinski definition) is 5. The largest absolute Gasteiger partial charge is 0.490 e. The number of carbonyl (C=O) groups is 1. The first kappa shape index (κ1) is 26.8. The van der Waals surface area contributed by atoms with Crippen molar-refractivity contribution in [2.75, 3.05) is 0 Å². The molecule has 0 radical (unpaired) electrons. The summed E-state index contributed by atoms with van der Waals surface area (Å²) in [6.45, 7) is 5.02. The molecule has 3 rings (SSSR count). The number of carbonyl (C=O) groups excluding carboxylic acids is 1. The topological polar surface area (TPSA) is 65.0 Å². The van der Waals surface area contributed by atoms with Crippen molar-refractivity contribution >= 4 is 29.0 Å². The molecule has 0 amide bonds. The van der Waals surface area contributed by atoms with Gasteiger partial charge in [-0.25, -0.2) is 9.37 Å². The van der Waals surface area contributed by atoms with Crippen molar-refractivity contribution in [1.82, 2.24) is 15.0 Å². The summed E-state index contributed by atoms with van der Waals surface area (Å²) in [6, 6.07) is 3.13. The molecule has 1 aromatic carbocycles. The van der Waals surface area contributed by atoms with Gasteiger partial charge in [-0.1, -0.05) is 36.2 Å². The highest BCUT2D eigenvalue weighted by atomic mass is 35.5. The number of aromatic nitrogens is 3. The maximum absolute atomic E-state index is 15.2. The van der Waals surface area contributed by atoms with Crippen LogP contribution in [0.3, 0.4) is 0 Å². The van der Waals surface area contributed by atoms with Gasteiger partial charge in [0.15, 0.2) is 5.82 Å².